The quantitative estimate of drug-likeness (QED) is 0.519. The summed E-state index contributed by atoms with van der Waals surface area (Å²) < 4.78 is 1.53. The van der Waals surface area contributed by atoms with E-state index in [9.17, 15) is 0 Å². The molecule has 5 nitrogen and oxygen atoms in total. The van der Waals surface area contributed by atoms with Crippen LogP contribution in [0.4, 0.5) is 5.69 Å². The van der Waals surface area contributed by atoms with E-state index >= 15 is 0 Å². The van der Waals surface area contributed by atoms with Crippen molar-refractivity contribution in [1.29, 1.82) is 0 Å². The Morgan fingerprint density at radius 1 is 1.00 bits per heavy atom. The molecule has 18 heavy (non-hydrogen) atoms. The lowest BCUT2D eigenvalue weighted by molar-refractivity contribution is 0.853. The van der Waals surface area contributed by atoms with Gasteiger partial charge in [-0.15, -0.1) is 5.10 Å². The number of para-hydroxylation sites is 2. The van der Waals surface area contributed by atoms with Crippen LogP contribution in [0.2, 0.25) is 0 Å². The zero-order valence-electron chi connectivity index (χ0n) is 9.56. The molecule has 0 radical (unpaired) electrons. The maximum atomic E-state index is 5.95. The number of nitrogens with two attached hydrogens (primary N) is 1. The fourth-order valence-corrected chi connectivity index (χ4v) is 1.72. The second-order valence-electron chi connectivity index (χ2n) is 3.80. The Balaban J connectivity index is 2.07. The molecule has 88 valence electrons. The van der Waals surface area contributed by atoms with Gasteiger partial charge in [-0.05, 0) is 24.3 Å². The molecule has 0 saturated carbocycles. The zero-order valence-corrected chi connectivity index (χ0v) is 9.56. The van der Waals surface area contributed by atoms with Gasteiger partial charge < -0.3 is 5.73 Å². The summed E-state index contributed by atoms with van der Waals surface area (Å²) in [5, 5.41) is 8.04. The third-order valence-electron chi connectivity index (χ3n) is 2.57. The van der Waals surface area contributed by atoms with Crippen molar-refractivity contribution < 1.29 is 0 Å². The number of aromatic nitrogens is 3. The smallest absolute Gasteiger partial charge is 0.223 e. The minimum atomic E-state index is 0.301. The van der Waals surface area contributed by atoms with Crippen molar-refractivity contribution in [1.82, 2.24) is 15.0 Å². The minimum absolute atomic E-state index is 0.301. The van der Waals surface area contributed by atoms with Gasteiger partial charge in [0.2, 0.25) is 5.96 Å². The standard InChI is InChI=1S/C13H11N5/c14-13(15-10-6-2-1-3-7-10)18-12-9-5-4-8-11(12)16-17-18/h1-9H,(H2,14,15). The van der Waals surface area contributed by atoms with Crippen molar-refractivity contribution in [2.24, 2.45) is 10.7 Å². The van der Waals surface area contributed by atoms with Crippen LogP contribution in [-0.2, 0) is 0 Å². The molecule has 0 aliphatic heterocycles. The summed E-state index contributed by atoms with van der Waals surface area (Å²) in [7, 11) is 0. The molecule has 0 atom stereocenters. The van der Waals surface area contributed by atoms with E-state index in [0.29, 0.717) is 5.96 Å². The summed E-state index contributed by atoms with van der Waals surface area (Å²) in [6.07, 6.45) is 0. The van der Waals surface area contributed by atoms with Crippen LogP contribution in [0.3, 0.4) is 0 Å². The summed E-state index contributed by atoms with van der Waals surface area (Å²) in [6, 6.07) is 17.1. The van der Waals surface area contributed by atoms with Crippen LogP contribution in [0.5, 0.6) is 0 Å². The zero-order chi connectivity index (χ0) is 12.4. The van der Waals surface area contributed by atoms with Gasteiger partial charge in [-0.1, -0.05) is 35.5 Å². The molecule has 0 spiro atoms. The van der Waals surface area contributed by atoms with E-state index in [1.54, 1.807) is 0 Å². The SMILES string of the molecule is NC(=Nc1ccccc1)n1nnc2ccccc21. The summed E-state index contributed by atoms with van der Waals surface area (Å²) >= 11 is 0. The predicted molar refractivity (Wildman–Crippen MR) is 70.7 cm³/mol. The highest BCUT2D eigenvalue weighted by atomic mass is 15.5. The lowest BCUT2D eigenvalue weighted by Gasteiger charge is -2.00. The molecule has 2 N–H and O–H groups in total. The van der Waals surface area contributed by atoms with Crippen LogP contribution in [0, 0.1) is 0 Å². The van der Waals surface area contributed by atoms with Gasteiger partial charge in [0, 0.05) is 0 Å². The van der Waals surface area contributed by atoms with Gasteiger partial charge in [0.05, 0.1) is 11.2 Å². The van der Waals surface area contributed by atoms with E-state index in [-0.39, 0.29) is 0 Å². The molecular formula is C13H11N5. The van der Waals surface area contributed by atoms with E-state index in [4.69, 9.17) is 5.73 Å². The van der Waals surface area contributed by atoms with Gasteiger partial charge in [-0.3, -0.25) is 0 Å². The van der Waals surface area contributed by atoms with Crippen LogP contribution < -0.4 is 5.73 Å². The number of nitrogens with zero attached hydrogens (tertiary/aromatic N) is 4. The van der Waals surface area contributed by atoms with Gasteiger partial charge in [-0.25, -0.2) is 4.99 Å². The van der Waals surface area contributed by atoms with E-state index in [0.717, 1.165) is 16.7 Å². The second kappa shape index (κ2) is 4.29. The Morgan fingerprint density at radius 2 is 1.72 bits per heavy atom. The van der Waals surface area contributed by atoms with Crippen molar-refractivity contribution in [2.75, 3.05) is 0 Å². The third kappa shape index (κ3) is 1.82. The average Bonchev–Trinajstić information content (AvgIpc) is 2.84. The highest BCUT2D eigenvalue weighted by Gasteiger charge is 2.06. The molecule has 5 heteroatoms. The lowest BCUT2D eigenvalue weighted by Crippen LogP contribution is -2.23. The molecule has 0 unspecified atom stereocenters. The topological polar surface area (TPSA) is 69.1 Å². The molecule has 0 amide bonds. The first-order valence-corrected chi connectivity index (χ1v) is 5.54. The van der Waals surface area contributed by atoms with Crippen molar-refractivity contribution in [3.63, 3.8) is 0 Å². The predicted octanol–water partition coefficient (Wildman–Crippen LogP) is 1.93. The average molecular weight is 237 g/mol. The Morgan fingerprint density at radius 3 is 2.56 bits per heavy atom. The normalized spacial score (nSPS) is 11.9. The van der Waals surface area contributed by atoms with Gasteiger partial charge in [-0.2, -0.15) is 4.68 Å². The van der Waals surface area contributed by atoms with Crippen LogP contribution in [0.25, 0.3) is 11.0 Å². The van der Waals surface area contributed by atoms with Crippen LogP contribution in [0.1, 0.15) is 0 Å². The van der Waals surface area contributed by atoms with Crippen LogP contribution in [0.15, 0.2) is 59.6 Å². The third-order valence-corrected chi connectivity index (χ3v) is 2.57. The molecule has 3 rings (SSSR count). The minimum Gasteiger partial charge on any atom is -0.368 e. The number of hydrogen-bond donors (Lipinski definition) is 1. The van der Waals surface area contributed by atoms with Crippen molar-refractivity contribution in [3.05, 3.63) is 54.6 Å². The van der Waals surface area contributed by atoms with E-state index < -0.39 is 0 Å². The molecule has 0 bridgehead atoms. The molecule has 2 aromatic carbocycles. The largest absolute Gasteiger partial charge is 0.368 e. The summed E-state index contributed by atoms with van der Waals surface area (Å²) in [4.78, 5) is 4.31. The Hall–Kier alpha value is -2.69. The molecule has 1 aromatic heterocycles. The van der Waals surface area contributed by atoms with E-state index in [2.05, 4.69) is 15.3 Å². The first kappa shape index (κ1) is 10.5. The molecule has 1 heterocycles. The number of hydrogen-bond acceptors (Lipinski definition) is 3. The van der Waals surface area contributed by atoms with Crippen molar-refractivity contribution >= 4 is 22.7 Å². The van der Waals surface area contributed by atoms with Crippen molar-refractivity contribution in [3.8, 4) is 0 Å². The fourth-order valence-electron chi connectivity index (χ4n) is 1.72. The summed E-state index contributed by atoms with van der Waals surface area (Å²) in [5.41, 5.74) is 8.37. The number of rotatable bonds is 1. The molecule has 0 aliphatic carbocycles. The molecule has 3 aromatic rings. The second-order valence-corrected chi connectivity index (χ2v) is 3.80. The number of benzene rings is 2. The maximum Gasteiger partial charge on any atom is 0.223 e. The van der Waals surface area contributed by atoms with Gasteiger partial charge in [0.1, 0.15) is 5.52 Å². The highest BCUT2D eigenvalue weighted by molar-refractivity contribution is 5.91. The van der Waals surface area contributed by atoms with Gasteiger partial charge in [0.25, 0.3) is 0 Å². The molecule has 0 aliphatic rings. The van der Waals surface area contributed by atoms with Gasteiger partial charge in [0.15, 0.2) is 0 Å². The Bertz CT molecular complexity index is 699. The maximum absolute atomic E-state index is 5.95. The lowest BCUT2D eigenvalue weighted by atomic mass is 10.3. The fraction of sp³-hybridized carbons (Fsp3) is 0. The molecule has 0 saturated heterocycles. The number of fused-ring (bicyclic) bond motifs is 1. The summed E-state index contributed by atoms with van der Waals surface area (Å²) in [5.74, 6) is 0.301. The van der Waals surface area contributed by atoms with E-state index in [1.807, 2.05) is 54.6 Å². The molecular weight excluding hydrogens is 226 g/mol. The van der Waals surface area contributed by atoms with Crippen LogP contribution >= 0.6 is 0 Å². The monoisotopic (exact) mass is 237 g/mol. The summed E-state index contributed by atoms with van der Waals surface area (Å²) in [6.45, 7) is 0. The highest BCUT2D eigenvalue weighted by Crippen LogP contribution is 2.12. The Kier molecular flexibility index (Phi) is 2.49. The van der Waals surface area contributed by atoms with Crippen molar-refractivity contribution in [2.45, 2.75) is 0 Å². The Labute approximate surface area is 104 Å². The van der Waals surface area contributed by atoms with Crippen LogP contribution in [-0.4, -0.2) is 21.0 Å². The van der Waals surface area contributed by atoms with E-state index in [1.165, 1.54) is 4.68 Å². The first-order valence-electron chi connectivity index (χ1n) is 5.54. The number of aliphatic imine (C=N–C) groups is 1. The first-order chi connectivity index (χ1) is 8.84. The van der Waals surface area contributed by atoms with Gasteiger partial charge >= 0.3 is 0 Å². The molecule has 0 fully saturated rings.